The summed E-state index contributed by atoms with van der Waals surface area (Å²) >= 11 is 12.4. The van der Waals surface area contributed by atoms with Crippen molar-refractivity contribution in [2.24, 2.45) is 5.92 Å². The Morgan fingerprint density at radius 3 is 2.29 bits per heavy atom. The first-order valence-corrected chi connectivity index (χ1v) is 7.63. The number of aliphatic hydroxyl groups is 1. The van der Waals surface area contributed by atoms with Crippen molar-refractivity contribution >= 4 is 23.2 Å². The minimum atomic E-state index is -0.631. The zero-order valence-electron chi connectivity index (χ0n) is 11.6. The lowest BCUT2D eigenvalue weighted by atomic mass is 9.93. The highest BCUT2D eigenvalue weighted by molar-refractivity contribution is 6.34. The van der Waals surface area contributed by atoms with Crippen LogP contribution in [0.15, 0.2) is 36.4 Å². The monoisotopic (exact) mass is 322 g/mol. The summed E-state index contributed by atoms with van der Waals surface area (Å²) in [5, 5.41) is 11.6. The Morgan fingerprint density at radius 2 is 1.71 bits per heavy atom. The van der Waals surface area contributed by atoms with E-state index in [0.29, 0.717) is 21.4 Å². The van der Waals surface area contributed by atoms with Crippen LogP contribution >= 0.6 is 23.2 Å². The van der Waals surface area contributed by atoms with E-state index in [1.54, 1.807) is 19.2 Å². The van der Waals surface area contributed by atoms with Crippen LogP contribution in [0.5, 0.6) is 5.75 Å². The lowest BCUT2D eigenvalue weighted by Crippen LogP contribution is -2.13. The Balaban J connectivity index is 1.87. The molecule has 2 nitrogen and oxygen atoms in total. The zero-order chi connectivity index (χ0) is 15.0. The second-order valence-corrected chi connectivity index (χ2v) is 6.20. The molecule has 4 heteroatoms. The fourth-order valence-electron chi connectivity index (χ4n) is 3.00. The highest BCUT2D eigenvalue weighted by Crippen LogP contribution is 2.40. The largest absolute Gasteiger partial charge is 0.495 e. The van der Waals surface area contributed by atoms with E-state index in [2.05, 4.69) is 12.1 Å². The van der Waals surface area contributed by atoms with Crippen molar-refractivity contribution in [2.75, 3.05) is 7.11 Å². The number of rotatable bonds is 3. The molecule has 0 heterocycles. The van der Waals surface area contributed by atoms with Crippen LogP contribution < -0.4 is 4.74 Å². The van der Waals surface area contributed by atoms with Crippen LogP contribution in [0.25, 0.3) is 0 Å². The van der Waals surface area contributed by atoms with Crippen molar-refractivity contribution in [1.82, 2.24) is 0 Å². The normalized spacial score (nSPS) is 15.8. The fourth-order valence-corrected chi connectivity index (χ4v) is 3.51. The maximum absolute atomic E-state index is 10.7. The summed E-state index contributed by atoms with van der Waals surface area (Å²) in [6.45, 7) is 0. The van der Waals surface area contributed by atoms with Crippen molar-refractivity contribution in [3.63, 3.8) is 0 Å². The molecule has 0 saturated heterocycles. The first-order valence-electron chi connectivity index (χ1n) is 6.88. The van der Waals surface area contributed by atoms with Gasteiger partial charge < -0.3 is 9.84 Å². The Bertz CT molecular complexity index is 645. The van der Waals surface area contributed by atoms with Crippen LogP contribution in [0.1, 0.15) is 22.8 Å². The highest BCUT2D eigenvalue weighted by Gasteiger charge is 2.29. The summed E-state index contributed by atoms with van der Waals surface area (Å²) < 4.78 is 5.14. The quantitative estimate of drug-likeness (QED) is 0.904. The SMILES string of the molecule is COc1cc(Cl)c(C(O)C2Cc3ccccc3C2)cc1Cl. The fraction of sp³-hybridized carbons (Fsp3) is 0.294. The number of ether oxygens (including phenoxy) is 1. The molecule has 0 bridgehead atoms. The van der Waals surface area contributed by atoms with E-state index in [0.717, 1.165) is 12.8 Å². The van der Waals surface area contributed by atoms with Gasteiger partial charge in [0.15, 0.2) is 0 Å². The predicted octanol–water partition coefficient (Wildman–Crippen LogP) is 4.45. The van der Waals surface area contributed by atoms with Gasteiger partial charge >= 0.3 is 0 Å². The summed E-state index contributed by atoms with van der Waals surface area (Å²) in [6.07, 6.45) is 1.09. The van der Waals surface area contributed by atoms with Crippen molar-refractivity contribution < 1.29 is 9.84 Å². The average molecular weight is 323 g/mol. The smallest absolute Gasteiger partial charge is 0.138 e. The van der Waals surface area contributed by atoms with E-state index in [4.69, 9.17) is 27.9 Å². The molecule has 0 radical (unpaired) electrons. The lowest BCUT2D eigenvalue weighted by molar-refractivity contribution is 0.113. The zero-order valence-corrected chi connectivity index (χ0v) is 13.2. The molecule has 0 fully saturated rings. The van der Waals surface area contributed by atoms with E-state index in [-0.39, 0.29) is 5.92 Å². The number of hydrogen-bond donors (Lipinski definition) is 1. The summed E-state index contributed by atoms with van der Waals surface area (Å²) in [7, 11) is 1.54. The molecule has 2 aromatic carbocycles. The van der Waals surface area contributed by atoms with Gasteiger partial charge in [0.2, 0.25) is 0 Å². The molecular weight excluding hydrogens is 307 g/mol. The molecule has 3 rings (SSSR count). The molecule has 1 N–H and O–H groups in total. The summed E-state index contributed by atoms with van der Waals surface area (Å²) in [5.74, 6) is 0.650. The van der Waals surface area contributed by atoms with Gasteiger partial charge in [0.05, 0.1) is 23.3 Å². The maximum atomic E-state index is 10.7. The average Bonchev–Trinajstić information content (AvgIpc) is 2.92. The molecule has 0 aromatic heterocycles. The molecule has 1 unspecified atom stereocenters. The summed E-state index contributed by atoms with van der Waals surface area (Å²) in [4.78, 5) is 0. The van der Waals surface area contributed by atoms with Crippen LogP contribution in [0.3, 0.4) is 0 Å². The maximum Gasteiger partial charge on any atom is 0.138 e. The van der Waals surface area contributed by atoms with E-state index in [9.17, 15) is 5.11 Å². The Hall–Kier alpha value is -1.22. The van der Waals surface area contributed by atoms with Gasteiger partial charge in [0.1, 0.15) is 5.75 Å². The Kier molecular flexibility index (Phi) is 4.12. The van der Waals surface area contributed by atoms with Gasteiger partial charge in [-0.1, -0.05) is 47.5 Å². The Morgan fingerprint density at radius 1 is 1.10 bits per heavy atom. The molecule has 1 aliphatic rings. The molecule has 1 aliphatic carbocycles. The van der Waals surface area contributed by atoms with E-state index in [1.165, 1.54) is 11.1 Å². The molecule has 0 saturated carbocycles. The summed E-state index contributed by atoms with van der Waals surface area (Å²) in [5.41, 5.74) is 3.27. The number of benzene rings is 2. The van der Waals surface area contributed by atoms with Gasteiger partial charge in [-0.2, -0.15) is 0 Å². The third kappa shape index (κ3) is 2.76. The van der Waals surface area contributed by atoms with Crippen LogP contribution in [0.2, 0.25) is 10.0 Å². The number of fused-ring (bicyclic) bond motifs is 1. The predicted molar refractivity (Wildman–Crippen MR) is 85.3 cm³/mol. The number of hydrogen-bond acceptors (Lipinski definition) is 2. The molecule has 21 heavy (non-hydrogen) atoms. The van der Waals surface area contributed by atoms with E-state index >= 15 is 0 Å². The van der Waals surface area contributed by atoms with Crippen molar-refractivity contribution in [3.8, 4) is 5.75 Å². The van der Waals surface area contributed by atoms with Gasteiger partial charge in [-0.15, -0.1) is 0 Å². The van der Waals surface area contributed by atoms with Gasteiger partial charge in [0.25, 0.3) is 0 Å². The van der Waals surface area contributed by atoms with E-state index < -0.39 is 6.10 Å². The number of aliphatic hydroxyl groups excluding tert-OH is 1. The third-order valence-corrected chi connectivity index (χ3v) is 4.74. The molecular formula is C17H16Cl2O2. The Labute approximate surface area is 134 Å². The molecule has 0 aliphatic heterocycles. The minimum Gasteiger partial charge on any atom is -0.495 e. The third-order valence-electron chi connectivity index (χ3n) is 4.12. The van der Waals surface area contributed by atoms with Crippen LogP contribution in [0.4, 0.5) is 0 Å². The van der Waals surface area contributed by atoms with Crippen LogP contribution in [-0.4, -0.2) is 12.2 Å². The van der Waals surface area contributed by atoms with Gasteiger partial charge in [-0.05, 0) is 36.0 Å². The topological polar surface area (TPSA) is 29.5 Å². The first kappa shape index (κ1) is 14.7. The first-order chi connectivity index (χ1) is 10.1. The second kappa shape index (κ2) is 5.88. The highest BCUT2D eigenvalue weighted by atomic mass is 35.5. The number of halogens is 2. The standard InChI is InChI=1S/C17H16Cl2O2/c1-21-16-9-14(18)13(8-15(16)19)17(20)12-6-10-4-2-3-5-11(10)7-12/h2-5,8-9,12,17,20H,6-7H2,1H3. The lowest BCUT2D eigenvalue weighted by Gasteiger charge is -2.20. The summed E-state index contributed by atoms with van der Waals surface area (Å²) in [6, 6.07) is 11.7. The van der Waals surface area contributed by atoms with Gasteiger partial charge in [-0.3, -0.25) is 0 Å². The molecule has 0 spiro atoms. The van der Waals surface area contributed by atoms with Gasteiger partial charge in [0, 0.05) is 11.6 Å². The number of methoxy groups -OCH3 is 1. The van der Waals surface area contributed by atoms with Crippen LogP contribution in [-0.2, 0) is 12.8 Å². The molecule has 1 atom stereocenters. The van der Waals surface area contributed by atoms with Crippen molar-refractivity contribution in [2.45, 2.75) is 18.9 Å². The molecule has 0 amide bonds. The van der Waals surface area contributed by atoms with Crippen LogP contribution in [0, 0.1) is 5.92 Å². The second-order valence-electron chi connectivity index (χ2n) is 5.39. The van der Waals surface area contributed by atoms with Gasteiger partial charge in [-0.25, -0.2) is 0 Å². The van der Waals surface area contributed by atoms with Crippen molar-refractivity contribution in [3.05, 3.63) is 63.1 Å². The van der Waals surface area contributed by atoms with E-state index in [1.807, 2.05) is 12.1 Å². The molecule has 110 valence electrons. The minimum absolute atomic E-state index is 0.129. The van der Waals surface area contributed by atoms with Crippen molar-refractivity contribution in [1.29, 1.82) is 0 Å². The molecule has 2 aromatic rings.